The van der Waals surface area contributed by atoms with Crippen molar-refractivity contribution in [1.82, 2.24) is 4.98 Å². The predicted octanol–water partition coefficient (Wildman–Crippen LogP) is 4.04. The zero-order valence-electron chi connectivity index (χ0n) is 13.3. The quantitative estimate of drug-likeness (QED) is 0.582. The molecule has 1 atom stereocenters. The number of ketones is 1. The Morgan fingerprint density at radius 3 is 2.50 bits per heavy atom. The van der Waals surface area contributed by atoms with Gasteiger partial charge in [-0.15, -0.1) is 0 Å². The number of aromatic amines is 1. The van der Waals surface area contributed by atoms with Gasteiger partial charge >= 0.3 is 5.97 Å². The van der Waals surface area contributed by atoms with Crippen LogP contribution in [0.1, 0.15) is 33.3 Å². The maximum Gasteiger partial charge on any atom is 0.341 e. The molecule has 0 aliphatic rings. The number of esters is 1. The van der Waals surface area contributed by atoms with E-state index in [0.29, 0.717) is 11.3 Å². The second-order valence-electron chi connectivity index (χ2n) is 5.56. The Morgan fingerprint density at radius 1 is 1.08 bits per heavy atom. The van der Waals surface area contributed by atoms with Crippen molar-refractivity contribution in [3.63, 3.8) is 0 Å². The summed E-state index contributed by atoms with van der Waals surface area (Å²) in [5.41, 5.74) is 1.84. The number of halogens is 1. The minimum atomic E-state index is -1.02. The summed E-state index contributed by atoms with van der Waals surface area (Å²) in [6, 6.07) is 12.9. The number of aromatic nitrogens is 1. The maximum atomic E-state index is 13.6. The molecule has 0 fully saturated rings. The predicted molar refractivity (Wildman–Crippen MR) is 88.6 cm³/mol. The molecule has 1 heterocycles. The molecule has 0 saturated carbocycles. The van der Waals surface area contributed by atoms with Gasteiger partial charge in [0, 0.05) is 22.2 Å². The number of ether oxygens (including phenoxy) is 1. The number of benzene rings is 2. The molecule has 0 amide bonds. The lowest BCUT2D eigenvalue weighted by Gasteiger charge is -2.13. The molecular weight excluding hydrogens is 309 g/mol. The van der Waals surface area contributed by atoms with E-state index < -0.39 is 17.9 Å². The second-order valence-corrected chi connectivity index (χ2v) is 5.56. The lowest BCUT2D eigenvalue weighted by molar-refractivity contribution is 0.0314. The van der Waals surface area contributed by atoms with Crippen molar-refractivity contribution in [3.05, 3.63) is 71.2 Å². The summed E-state index contributed by atoms with van der Waals surface area (Å²) >= 11 is 0. The van der Waals surface area contributed by atoms with Crippen LogP contribution in [-0.4, -0.2) is 22.8 Å². The topological polar surface area (TPSA) is 59.2 Å². The minimum absolute atomic E-state index is 0.187. The van der Waals surface area contributed by atoms with Gasteiger partial charge in [0.05, 0.1) is 5.56 Å². The summed E-state index contributed by atoms with van der Waals surface area (Å²) in [5.74, 6) is -1.86. The average molecular weight is 325 g/mol. The number of fused-ring (bicyclic) bond motifs is 1. The highest BCUT2D eigenvalue weighted by atomic mass is 19.1. The smallest absolute Gasteiger partial charge is 0.341 e. The molecule has 3 rings (SSSR count). The molecule has 1 aromatic heterocycles. The van der Waals surface area contributed by atoms with Gasteiger partial charge in [0.25, 0.3) is 0 Å². The van der Waals surface area contributed by atoms with Crippen molar-refractivity contribution in [1.29, 1.82) is 0 Å². The van der Waals surface area contributed by atoms with E-state index in [0.717, 1.165) is 10.9 Å². The normalized spacial score (nSPS) is 12.1. The number of carbonyl (C=O) groups excluding carboxylic acids is 2. The zero-order valence-corrected chi connectivity index (χ0v) is 13.3. The molecule has 2 aromatic carbocycles. The van der Waals surface area contributed by atoms with E-state index in [2.05, 4.69) is 4.98 Å². The Balaban J connectivity index is 1.86. The first-order valence-electron chi connectivity index (χ1n) is 7.56. The molecule has 3 aromatic rings. The highest BCUT2D eigenvalue weighted by Crippen LogP contribution is 2.24. The molecule has 0 radical (unpaired) electrons. The number of Topliss-reactive ketones (excluding diaryl/α,β-unsaturated/α-hetero) is 1. The summed E-state index contributed by atoms with van der Waals surface area (Å²) in [7, 11) is 0. The van der Waals surface area contributed by atoms with Crippen LogP contribution in [0.2, 0.25) is 0 Å². The molecule has 1 N–H and O–H groups in total. The summed E-state index contributed by atoms with van der Waals surface area (Å²) in [5, 5.41) is 0.772. The summed E-state index contributed by atoms with van der Waals surface area (Å²) in [6.07, 6.45) is -1.02. The fourth-order valence-electron chi connectivity index (χ4n) is 2.70. The lowest BCUT2D eigenvalue weighted by atomic mass is 10.0. The van der Waals surface area contributed by atoms with Crippen molar-refractivity contribution >= 4 is 22.7 Å². The van der Waals surface area contributed by atoms with Crippen LogP contribution in [0.4, 0.5) is 4.39 Å². The van der Waals surface area contributed by atoms with Crippen LogP contribution < -0.4 is 0 Å². The lowest BCUT2D eigenvalue weighted by Crippen LogP contribution is -2.25. The highest BCUT2D eigenvalue weighted by molar-refractivity contribution is 6.11. The minimum Gasteiger partial charge on any atom is -0.451 e. The van der Waals surface area contributed by atoms with E-state index in [1.807, 2.05) is 24.3 Å². The molecule has 0 spiro atoms. The largest absolute Gasteiger partial charge is 0.451 e. The van der Waals surface area contributed by atoms with Crippen LogP contribution in [0.5, 0.6) is 0 Å². The second kappa shape index (κ2) is 6.28. The van der Waals surface area contributed by atoms with Crippen molar-refractivity contribution in [2.24, 2.45) is 0 Å². The number of nitrogens with one attached hydrogen (secondary N) is 1. The van der Waals surface area contributed by atoms with Gasteiger partial charge in [-0.2, -0.15) is 0 Å². The van der Waals surface area contributed by atoms with Crippen LogP contribution >= 0.6 is 0 Å². The van der Waals surface area contributed by atoms with Crippen molar-refractivity contribution in [2.45, 2.75) is 20.0 Å². The number of aryl methyl sites for hydroxylation is 1. The zero-order chi connectivity index (χ0) is 17.3. The first-order valence-corrected chi connectivity index (χ1v) is 7.56. The van der Waals surface area contributed by atoms with E-state index in [4.69, 9.17) is 4.74 Å². The summed E-state index contributed by atoms with van der Waals surface area (Å²) < 4.78 is 18.8. The molecule has 0 bridgehead atoms. The molecule has 0 aliphatic carbocycles. The molecular formula is C19H16FNO3. The van der Waals surface area contributed by atoms with E-state index in [-0.39, 0.29) is 11.3 Å². The number of H-pyrrole nitrogens is 1. The SMILES string of the molecule is Cc1[nH]c2ccccc2c1C(=O)[C@H](C)OC(=O)c1ccccc1F. The third kappa shape index (κ3) is 2.80. The van der Waals surface area contributed by atoms with Crippen molar-refractivity contribution < 1.29 is 18.7 Å². The first-order chi connectivity index (χ1) is 11.5. The Kier molecular flexibility index (Phi) is 4.16. The molecule has 4 nitrogen and oxygen atoms in total. The molecule has 0 saturated heterocycles. The average Bonchev–Trinajstić information content (AvgIpc) is 2.90. The molecule has 0 unspecified atom stereocenters. The van der Waals surface area contributed by atoms with Crippen molar-refractivity contribution in [3.8, 4) is 0 Å². The monoisotopic (exact) mass is 325 g/mol. The van der Waals surface area contributed by atoms with Gasteiger partial charge in [-0.3, -0.25) is 4.79 Å². The van der Waals surface area contributed by atoms with Crippen LogP contribution in [0.3, 0.4) is 0 Å². The number of para-hydroxylation sites is 1. The Hall–Kier alpha value is -2.95. The van der Waals surface area contributed by atoms with Gasteiger partial charge in [-0.05, 0) is 32.0 Å². The summed E-state index contributed by atoms with van der Waals surface area (Å²) in [6.45, 7) is 3.28. The third-order valence-electron chi connectivity index (χ3n) is 3.89. The van der Waals surface area contributed by atoms with E-state index in [9.17, 15) is 14.0 Å². The number of hydrogen-bond donors (Lipinski definition) is 1. The Labute approximate surface area is 138 Å². The van der Waals surface area contributed by atoms with Crippen LogP contribution in [0.25, 0.3) is 10.9 Å². The number of carbonyl (C=O) groups is 2. The third-order valence-corrected chi connectivity index (χ3v) is 3.89. The Morgan fingerprint density at radius 2 is 1.75 bits per heavy atom. The van der Waals surface area contributed by atoms with Gasteiger partial charge in [0.15, 0.2) is 6.10 Å². The molecule has 5 heteroatoms. The van der Waals surface area contributed by atoms with Gasteiger partial charge in [0.2, 0.25) is 5.78 Å². The van der Waals surface area contributed by atoms with Crippen LogP contribution in [0, 0.1) is 12.7 Å². The van der Waals surface area contributed by atoms with Crippen LogP contribution in [0.15, 0.2) is 48.5 Å². The van der Waals surface area contributed by atoms with Crippen molar-refractivity contribution in [2.75, 3.05) is 0 Å². The Bertz CT molecular complexity index is 929. The molecule has 24 heavy (non-hydrogen) atoms. The first kappa shape index (κ1) is 15.9. The molecule has 122 valence electrons. The van der Waals surface area contributed by atoms with Gasteiger partial charge < -0.3 is 9.72 Å². The van der Waals surface area contributed by atoms with Gasteiger partial charge in [-0.1, -0.05) is 30.3 Å². The van der Waals surface area contributed by atoms with E-state index in [1.165, 1.54) is 31.2 Å². The maximum absolute atomic E-state index is 13.6. The fraction of sp³-hybridized carbons (Fsp3) is 0.158. The highest BCUT2D eigenvalue weighted by Gasteiger charge is 2.25. The fourth-order valence-corrected chi connectivity index (χ4v) is 2.70. The number of hydrogen-bond acceptors (Lipinski definition) is 3. The van der Waals surface area contributed by atoms with E-state index in [1.54, 1.807) is 6.92 Å². The summed E-state index contributed by atoms with van der Waals surface area (Å²) in [4.78, 5) is 27.9. The standard InChI is InChI=1S/C19H16FNO3/c1-11-17(14-8-4-6-10-16(14)21-11)18(22)12(2)24-19(23)13-7-3-5-9-15(13)20/h3-10,12,21H,1-2H3/t12-/m0/s1. The van der Waals surface area contributed by atoms with Crippen LogP contribution in [-0.2, 0) is 4.74 Å². The van der Waals surface area contributed by atoms with Gasteiger partial charge in [-0.25, -0.2) is 9.18 Å². The van der Waals surface area contributed by atoms with Gasteiger partial charge in [0.1, 0.15) is 5.82 Å². The van der Waals surface area contributed by atoms with E-state index >= 15 is 0 Å². The number of rotatable bonds is 4. The molecule has 0 aliphatic heterocycles.